The van der Waals surface area contributed by atoms with Crippen molar-refractivity contribution in [2.24, 2.45) is 0 Å². The van der Waals surface area contributed by atoms with Gasteiger partial charge in [-0.2, -0.15) is 0 Å². The summed E-state index contributed by atoms with van der Waals surface area (Å²) in [5.74, 6) is 0. The molecule has 0 aliphatic carbocycles. The Hall–Kier alpha value is -0.120. The second-order valence-corrected chi connectivity index (χ2v) is 2.36. The van der Waals surface area contributed by atoms with Gasteiger partial charge in [-0.05, 0) is 20.5 Å². The van der Waals surface area contributed by atoms with Crippen LogP contribution in [0.4, 0.5) is 0 Å². The van der Waals surface area contributed by atoms with Crippen LogP contribution in [0, 0.1) is 0 Å². The Labute approximate surface area is 63.0 Å². The van der Waals surface area contributed by atoms with Crippen LogP contribution in [0.15, 0.2) is 0 Å². The van der Waals surface area contributed by atoms with E-state index >= 15 is 0 Å². The average Bonchev–Trinajstić information content (AvgIpc) is 1.89. The number of aliphatic hydroxyl groups is 1. The fourth-order valence-corrected chi connectivity index (χ4v) is 0.865. The molecule has 0 aromatic heterocycles. The molecular formula is C7H18N2O. The zero-order valence-corrected chi connectivity index (χ0v) is 7.09. The van der Waals surface area contributed by atoms with E-state index in [1.165, 1.54) is 0 Å². The smallest absolute Gasteiger partial charge is 0.104 e. The van der Waals surface area contributed by atoms with E-state index in [1.54, 1.807) is 6.92 Å². The first-order valence-electron chi connectivity index (χ1n) is 3.79. The Morgan fingerprint density at radius 3 is 2.50 bits per heavy atom. The monoisotopic (exact) mass is 146 g/mol. The minimum atomic E-state index is -0.321. The predicted molar refractivity (Wildman–Crippen MR) is 42.9 cm³/mol. The van der Waals surface area contributed by atoms with Gasteiger partial charge in [0.2, 0.25) is 0 Å². The van der Waals surface area contributed by atoms with E-state index in [1.807, 2.05) is 18.9 Å². The largest absolute Gasteiger partial charge is 0.379 e. The average molecular weight is 146 g/mol. The maximum atomic E-state index is 9.14. The Kier molecular flexibility index (Phi) is 5.58. The Bertz CT molecular complexity index is 76.0. The van der Waals surface area contributed by atoms with Crippen molar-refractivity contribution in [2.45, 2.75) is 20.1 Å². The van der Waals surface area contributed by atoms with Gasteiger partial charge in [0, 0.05) is 13.1 Å². The normalized spacial score (nSPS) is 14.1. The lowest BCUT2D eigenvalue weighted by atomic mass is 10.4. The highest BCUT2D eigenvalue weighted by Crippen LogP contribution is 1.91. The quantitative estimate of drug-likeness (QED) is 0.530. The minimum absolute atomic E-state index is 0.321. The molecule has 0 amide bonds. The highest BCUT2D eigenvalue weighted by Gasteiger charge is 2.05. The van der Waals surface area contributed by atoms with Gasteiger partial charge in [-0.1, -0.05) is 6.92 Å². The van der Waals surface area contributed by atoms with E-state index in [2.05, 4.69) is 5.32 Å². The molecule has 0 aliphatic heterocycles. The number of likely N-dealkylation sites (N-methyl/N-ethyl adjacent to an activating group) is 2. The van der Waals surface area contributed by atoms with E-state index in [4.69, 9.17) is 5.11 Å². The fourth-order valence-electron chi connectivity index (χ4n) is 0.865. The highest BCUT2D eigenvalue weighted by molar-refractivity contribution is 4.56. The van der Waals surface area contributed by atoms with Crippen LogP contribution in [0.5, 0.6) is 0 Å². The van der Waals surface area contributed by atoms with Crippen molar-refractivity contribution in [2.75, 3.05) is 26.7 Å². The second kappa shape index (κ2) is 5.65. The summed E-state index contributed by atoms with van der Waals surface area (Å²) in [4.78, 5) is 2.00. The van der Waals surface area contributed by atoms with Crippen LogP contribution < -0.4 is 5.32 Å². The number of aliphatic hydroxyl groups excluding tert-OH is 1. The lowest BCUT2D eigenvalue weighted by Gasteiger charge is -2.22. The molecule has 0 fully saturated rings. The summed E-state index contributed by atoms with van der Waals surface area (Å²) in [5, 5.41) is 12.2. The molecule has 0 aliphatic rings. The van der Waals surface area contributed by atoms with Crippen molar-refractivity contribution in [1.82, 2.24) is 10.2 Å². The molecule has 1 atom stereocenters. The van der Waals surface area contributed by atoms with Crippen molar-refractivity contribution >= 4 is 0 Å². The topological polar surface area (TPSA) is 35.5 Å². The van der Waals surface area contributed by atoms with Crippen LogP contribution >= 0.6 is 0 Å². The number of hydrogen-bond donors (Lipinski definition) is 2. The minimum Gasteiger partial charge on any atom is -0.379 e. The van der Waals surface area contributed by atoms with Gasteiger partial charge in [-0.15, -0.1) is 0 Å². The Balaban J connectivity index is 3.40. The van der Waals surface area contributed by atoms with E-state index in [0.717, 1.165) is 19.6 Å². The molecule has 0 bridgehead atoms. The number of nitrogens with one attached hydrogen (secondary N) is 1. The number of hydrogen-bond acceptors (Lipinski definition) is 3. The molecule has 3 heteroatoms. The van der Waals surface area contributed by atoms with Gasteiger partial charge < -0.3 is 10.4 Å². The van der Waals surface area contributed by atoms with Crippen LogP contribution in [0.2, 0.25) is 0 Å². The third-order valence-corrected chi connectivity index (χ3v) is 1.58. The molecule has 3 nitrogen and oxygen atoms in total. The summed E-state index contributed by atoms with van der Waals surface area (Å²) in [6.45, 7) is 6.57. The van der Waals surface area contributed by atoms with Gasteiger partial charge in [-0.25, -0.2) is 0 Å². The molecule has 0 aromatic carbocycles. The van der Waals surface area contributed by atoms with Crippen LogP contribution in [-0.4, -0.2) is 42.9 Å². The van der Waals surface area contributed by atoms with Gasteiger partial charge in [0.15, 0.2) is 0 Å². The summed E-state index contributed by atoms with van der Waals surface area (Å²) in [5.41, 5.74) is 0. The molecule has 0 rings (SSSR count). The van der Waals surface area contributed by atoms with Gasteiger partial charge >= 0.3 is 0 Å². The Morgan fingerprint density at radius 2 is 2.20 bits per heavy atom. The molecule has 10 heavy (non-hydrogen) atoms. The zero-order chi connectivity index (χ0) is 7.98. The first kappa shape index (κ1) is 9.88. The fraction of sp³-hybridized carbons (Fsp3) is 1.00. The summed E-state index contributed by atoms with van der Waals surface area (Å²) in [6, 6.07) is 0. The van der Waals surface area contributed by atoms with Gasteiger partial charge in [0.05, 0.1) is 0 Å². The van der Waals surface area contributed by atoms with Crippen molar-refractivity contribution in [3.05, 3.63) is 0 Å². The van der Waals surface area contributed by atoms with Crippen LogP contribution in [0.25, 0.3) is 0 Å². The van der Waals surface area contributed by atoms with Crippen LogP contribution in [0.1, 0.15) is 13.8 Å². The van der Waals surface area contributed by atoms with Crippen molar-refractivity contribution in [3.63, 3.8) is 0 Å². The summed E-state index contributed by atoms with van der Waals surface area (Å²) >= 11 is 0. The van der Waals surface area contributed by atoms with Crippen molar-refractivity contribution in [1.29, 1.82) is 0 Å². The van der Waals surface area contributed by atoms with E-state index in [9.17, 15) is 0 Å². The molecule has 0 spiro atoms. The van der Waals surface area contributed by atoms with Crippen molar-refractivity contribution in [3.8, 4) is 0 Å². The number of nitrogens with zero attached hydrogens (tertiary/aromatic N) is 1. The highest BCUT2D eigenvalue weighted by atomic mass is 16.3. The maximum absolute atomic E-state index is 9.14. The summed E-state index contributed by atoms with van der Waals surface area (Å²) in [6.07, 6.45) is -0.321. The third-order valence-electron chi connectivity index (χ3n) is 1.58. The van der Waals surface area contributed by atoms with Crippen LogP contribution in [0.3, 0.4) is 0 Å². The molecule has 62 valence electrons. The molecule has 0 radical (unpaired) electrons. The molecule has 0 saturated carbocycles. The van der Waals surface area contributed by atoms with Gasteiger partial charge in [-0.3, -0.25) is 4.90 Å². The molecule has 0 saturated heterocycles. The summed E-state index contributed by atoms with van der Waals surface area (Å²) in [7, 11) is 1.91. The lowest BCUT2D eigenvalue weighted by molar-refractivity contribution is 0.0237. The number of rotatable bonds is 5. The molecule has 0 aromatic rings. The van der Waals surface area contributed by atoms with E-state index < -0.39 is 0 Å². The van der Waals surface area contributed by atoms with E-state index in [-0.39, 0.29) is 6.23 Å². The summed E-state index contributed by atoms with van der Waals surface area (Å²) < 4.78 is 0. The maximum Gasteiger partial charge on any atom is 0.104 e. The molecule has 0 heterocycles. The molecular weight excluding hydrogens is 128 g/mol. The first-order chi connectivity index (χ1) is 4.72. The SMILES string of the molecule is CCN(CCNC)C(C)O. The van der Waals surface area contributed by atoms with Crippen LogP contribution in [-0.2, 0) is 0 Å². The van der Waals surface area contributed by atoms with Gasteiger partial charge in [0.1, 0.15) is 6.23 Å². The standard InChI is InChI=1S/C7H18N2O/c1-4-9(7(2)10)6-5-8-3/h7-8,10H,4-6H2,1-3H3. The predicted octanol–water partition coefficient (Wildman–Crippen LogP) is -0.134. The third kappa shape index (κ3) is 3.82. The van der Waals surface area contributed by atoms with Crippen molar-refractivity contribution < 1.29 is 5.11 Å². The zero-order valence-electron chi connectivity index (χ0n) is 7.09. The molecule has 2 N–H and O–H groups in total. The first-order valence-corrected chi connectivity index (χ1v) is 3.79. The van der Waals surface area contributed by atoms with Gasteiger partial charge in [0.25, 0.3) is 0 Å². The van der Waals surface area contributed by atoms with E-state index in [0.29, 0.717) is 0 Å². The second-order valence-electron chi connectivity index (χ2n) is 2.36. The molecule has 1 unspecified atom stereocenters. The Morgan fingerprint density at radius 1 is 1.60 bits per heavy atom. The lowest BCUT2D eigenvalue weighted by Crippen LogP contribution is -2.37.